The molecule has 0 radical (unpaired) electrons. The first-order valence-corrected chi connectivity index (χ1v) is 7.17. The summed E-state index contributed by atoms with van der Waals surface area (Å²) in [5.74, 6) is -1.18. The molecule has 1 aromatic rings. The Kier molecular flexibility index (Phi) is 4.49. The maximum absolute atomic E-state index is 12.0. The zero-order valence-electron chi connectivity index (χ0n) is 13.3. The van der Waals surface area contributed by atoms with Crippen molar-refractivity contribution in [1.82, 2.24) is 5.32 Å². The number of hydrogen-bond donors (Lipinski definition) is 2. The maximum atomic E-state index is 12.0. The van der Waals surface area contributed by atoms with E-state index in [4.69, 9.17) is 10.5 Å². The van der Waals surface area contributed by atoms with E-state index >= 15 is 0 Å². The second-order valence-corrected chi connectivity index (χ2v) is 6.22. The molecule has 1 heterocycles. The van der Waals surface area contributed by atoms with Crippen LogP contribution in [0.15, 0.2) is 29.3 Å². The van der Waals surface area contributed by atoms with Crippen LogP contribution in [0, 0.1) is 0 Å². The normalized spacial score (nSPS) is 14.7. The third-order valence-electron chi connectivity index (χ3n) is 3.15. The summed E-state index contributed by atoms with van der Waals surface area (Å²) in [6.45, 7) is 5.11. The summed E-state index contributed by atoms with van der Waals surface area (Å²) in [5.41, 5.74) is 4.97. The summed E-state index contributed by atoms with van der Waals surface area (Å²) in [5, 5.41) is 3.60. The summed E-state index contributed by atoms with van der Waals surface area (Å²) in [4.78, 5) is 39.3. The highest BCUT2D eigenvalue weighted by molar-refractivity contribution is 6.16. The molecule has 7 nitrogen and oxygen atoms in total. The highest BCUT2D eigenvalue weighted by atomic mass is 16.6. The van der Waals surface area contributed by atoms with E-state index in [0.717, 1.165) is 0 Å². The first-order valence-electron chi connectivity index (χ1n) is 7.17. The van der Waals surface area contributed by atoms with Crippen LogP contribution < -0.4 is 21.6 Å². The lowest BCUT2D eigenvalue weighted by atomic mass is 10.0. The van der Waals surface area contributed by atoms with Gasteiger partial charge in [-0.25, -0.2) is 9.79 Å². The van der Waals surface area contributed by atoms with E-state index < -0.39 is 29.6 Å². The molecule has 0 spiro atoms. The molecule has 1 aliphatic rings. The number of nitrogens with zero attached hydrogens (tertiary/aromatic N) is 1. The van der Waals surface area contributed by atoms with Crippen LogP contribution in [0.25, 0.3) is 5.57 Å². The molecule has 0 aliphatic carbocycles. The SMILES string of the molecule is CC(C)(C)OC(=O)N[C@@H](CC1=c2ccccc2=NC1=O)C(N)=O. The van der Waals surface area contributed by atoms with Gasteiger partial charge in [0.25, 0.3) is 5.91 Å². The van der Waals surface area contributed by atoms with Gasteiger partial charge in [-0.05, 0) is 26.8 Å². The molecule has 0 unspecified atom stereocenters. The van der Waals surface area contributed by atoms with Crippen molar-refractivity contribution in [1.29, 1.82) is 0 Å². The third kappa shape index (κ3) is 4.15. The molecular weight excluding hydrogens is 298 g/mol. The Morgan fingerprint density at radius 2 is 1.96 bits per heavy atom. The summed E-state index contributed by atoms with van der Waals surface area (Å²) in [7, 11) is 0. The predicted octanol–water partition coefficient (Wildman–Crippen LogP) is -0.234. The summed E-state index contributed by atoms with van der Waals surface area (Å²) in [6.07, 6.45) is -0.800. The minimum atomic E-state index is -1.05. The van der Waals surface area contributed by atoms with Gasteiger partial charge in [0.2, 0.25) is 5.91 Å². The van der Waals surface area contributed by atoms with Crippen LogP contribution in [-0.2, 0) is 14.3 Å². The number of ether oxygens (including phenoxy) is 1. The van der Waals surface area contributed by atoms with Gasteiger partial charge in [-0.2, -0.15) is 0 Å². The molecule has 1 atom stereocenters. The van der Waals surface area contributed by atoms with Crippen molar-refractivity contribution in [2.24, 2.45) is 10.7 Å². The first-order chi connectivity index (χ1) is 10.7. The Morgan fingerprint density at radius 1 is 1.30 bits per heavy atom. The second kappa shape index (κ2) is 6.20. The second-order valence-electron chi connectivity index (χ2n) is 6.22. The molecule has 122 valence electrons. The quantitative estimate of drug-likeness (QED) is 0.798. The number of amides is 3. The van der Waals surface area contributed by atoms with Gasteiger partial charge in [0, 0.05) is 17.2 Å². The summed E-state index contributed by atoms with van der Waals surface area (Å²) in [6, 6.07) is 5.94. The molecule has 7 heteroatoms. The number of benzene rings is 1. The molecule has 2 rings (SSSR count). The lowest BCUT2D eigenvalue weighted by Gasteiger charge is -2.22. The predicted molar refractivity (Wildman–Crippen MR) is 82.6 cm³/mol. The Balaban J connectivity index is 2.22. The number of hydrogen-bond acceptors (Lipinski definition) is 4. The van der Waals surface area contributed by atoms with E-state index in [9.17, 15) is 14.4 Å². The van der Waals surface area contributed by atoms with E-state index in [2.05, 4.69) is 10.3 Å². The average molecular weight is 317 g/mol. The van der Waals surface area contributed by atoms with Crippen molar-refractivity contribution in [3.63, 3.8) is 0 Å². The third-order valence-corrected chi connectivity index (χ3v) is 3.15. The number of alkyl carbamates (subject to hydrolysis) is 1. The van der Waals surface area contributed by atoms with Gasteiger partial charge in [-0.3, -0.25) is 9.59 Å². The van der Waals surface area contributed by atoms with Crippen LogP contribution in [0.5, 0.6) is 0 Å². The van der Waals surface area contributed by atoms with Crippen LogP contribution >= 0.6 is 0 Å². The van der Waals surface area contributed by atoms with Crippen molar-refractivity contribution < 1.29 is 19.1 Å². The van der Waals surface area contributed by atoms with E-state index in [-0.39, 0.29) is 6.42 Å². The highest BCUT2D eigenvalue weighted by Crippen LogP contribution is 2.11. The zero-order valence-corrected chi connectivity index (χ0v) is 13.3. The lowest BCUT2D eigenvalue weighted by Crippen LogP contribution is -2.47. The van der Waals surface area contributed by atoms with Gasteiger partial charge in [0.05, 0.1) is 5.36 Å². The van der Waals surface area contributed by atoms with Gasteiger partial charge >= 0.3 is 6.09 Å². The fourth-order valence-corrected chi connectivity index (χ4v) is 2.19. The average Bonchev–Trinajstić information content (AvgIpc) is 2.72. The van der Waals surface area contributed by atoms with Crippen LogP contribution in [0.3, 0.4) is 0 Å². The molecule has 0 fully saturated rings. The Morgan fingerprint density at radius 3 is 2.57 bits per heavy atom. The van der Waals surface area contributed by atoms with Crippen LogP contribution in [0.1, 0.15) is 27.2 Å². The van der Waals surface area contributed by atoms with Crippen molar-refractivity contribution >= 4 is 23.5 Å². The minimum Gasteiger partial charge on any atom is -0.444 e. The molecule has 1 aliphatic heterocycles. The van der Waals surface area contributed by atoms with Crippen molar-refractivity contribution in [3.05, 3.63) is 34.8 Å². The lowest BCUT2D eigenvalue weighted by molar-refractivity contribution is -0.120. The fourth-order valence-electron chi connectivity index (χ4n) is 2.19. The Hall–Kier alpha value is -2.70. The smallest absolute Gasteiger partial charge is 0.408 e. The number of para-hydroxylation sites is 1. The Bertz CT molecular complexity index is 777. The zero-order chi connectivity index (χ0) is 17.2. The first kappa shape index (κ1) is 16.7. The van der Waals surface area contributed by atoms with Crippen LogP contribution in [0.2, 0.25) is 0 Å². The van der Waals surface area contributed by atoms with Gasteiger partial charge in [-0.15, -0.1) is 0 Å². The summed E-state index contributed by atoms with van der Waals surface area (Å²) >= 11 is 0. The molecule has 0 saturated carbocycles. The summed E-state index contributed by atoms with van der Waals surface area (Å²) < 4.78 is 5.10. The molecule has 1 aromatic carbocycles. The van der Waals surface area contributed by atoms with E-state index in [1.165, 1.54) is 0 Å². The number of carbonyl (C=O) groups excluding carboxylic acids is 3. The molecular formula is C16H19N3O4. The topological polar surface area (TPSA) is 111 Å². The molecule has 0 aromatic heterocycles. The van der Waals surface area contributed by atoms with Crippen LogP contribution in [-0.4, -0.2) is 29.6 Å². The standard InChI is InChI=1S/C16H19N3O4/c1-16(2,3)23-15(22)19-12(13(17)20)8-10-9-6-4-5-7-11(9)18-14(10)21/h4-7,12H,8H2,1-3H3,(H2,17,20)(H,19,22)/t12-/m0/s1. The number of carbonyl (C=O) groups is 3. The van der Waals surface area contributed by atoms with Crippen molar-refractivity contribution in [2.75, 3.05) is 0 Å². The van der Waals surface area contributed by atoms with E-state index in [0.29, 0.717) is 16.1 Å². The van der Waals surface area contributed by atoms with Crippen molar-refractivity contribution in [2.45, 2.75) is 38.8 Å². The van der Waals surface area contributed by atoms with Gasteiger partial charge in [-0.1, -0.05) is 18.2 Å². The number of nitrogens with one attached hydrogen (secondary N) is 1. The molecule has 3 N–H and O–H groups in total. The molecule has 0 saturated heterocycles. The monoisotopic (exact) mass is 317 g/mol. The van der Waals surface area contributed by atoms with E-state index in [1.807, 2.05) is 0 Å². The fraction of sp³-hybridized carbons (Fsp3) is 0.375. The van der Waals surface area contributed by atoms with Crippen LogP contribution in [0.4, 0.5) is 4.79 Å². The molecule has 0 bridgehead atoms. The van der Waals surface area contributed by atoms with E-state index in [1.54, 1.807) is 45.0 Å². The largest absolute Gasteiger partial charge is 0.444 e. The number of primary amides is 1. The number of nitrogens with two attached hydrogens (primary N) is 1. The Labute approximate surface area is 133 Å². The highest BCUT2D eigenvalue weighted by Gasteiger charge is 2.27. The van der Waals surface area contributed by atoms with Gasteiger partial charge in [0.15, 0.2) is 0 Å². The van der Waals surface area contributed by atoms with Crippen molar-refractivity contribution in [3.8, 4) is 0 Å². The van der Waals surface area contributed by atoms with Gasteiger partial charge < -0.3 is 15.8 Å². The number of fused-ring (bicyclic) bond motifs is 1. The number of rotatable bonds is 4. The molecule has 23 heavy (non-hydrogen) atoms. The van der Waals surface area contributed by atoms with Gasteiger partial charge in [0.1, 0.15) is 11.6 Å². The minimum absolute atomic E-state index is 0.0338. The maximum Gasteiger partial charge on any atom is 0.408 e. The molecule has 3 amide bonds.